The Morgan fingerprint density at radius 1 is 1.62 bits per heavy atom. The van der Waals surface area contributed by atoms with Gasteiger partial charge < -0.3 is 5.73 Å². The van der Waals surface area contributed by atoms with Gasteiger partial charge in [0.25, 0.3) is 5.92 Å². The molecule has 1 aromatic heterocycles. The molecule has 1 unspecified atom stereocenters. The van der Waals surface area contributed by atoms with Crippen molar-refractivity contribution in [3.05, 3.63) is 20.8 Å². The largest absolute Gasteiger partial charge is 0.329 e. The van der Waals surface area contributed by atoms with Gasteiger partial charge in [0.2, 0.25) is 0 Å². The number of hydrogen-bond acceptors (Lipinski definition) is 2. The molecule has 1 atom stereocenters. The van der Waals surface area contributed by atoms with Crippen LogP contribution in [0.4, 0.5) is 8.78 Å². The Labute approximate surface area is 87.1 Å². The van der Waals surface area contributed by atoms with Crippen molar-refractivity contribution in [1.82, 2.24) is 0 Å². The van der Waals surface area contributed by atoms with E-state index >= 15 is 0 Å². The van der Waals surface area contributed by atoms with Gasteiger partial charge in [-0.1, -0.05) is 0 Å². The normalized spacial score (nSPS) is 30.5. The third-order valence-corrected chi connectivity index (χ3v) is 4.07. The lowest BCUT2D eigenvalue weighted by Gasteiger charge is -2.11. The topological polar surface area (TPSA) is 26.0 Å². The quantitative estimate of drug-likeness (QED) is 0.876. The van der Waals surface area contributed by atoms with Crippen molar-refractivity contribution in [3.63, 3.8) is 0 Å². The van der Waals surface area contributed by atoms with E-state index in [-0.39, 0.29) is 13.0 Å². The second-order valence-electron chi connectivity index (χ2n) is 3.31. The molecule has 13 heavy (non-hydrogen) atoms. The third-order valence-electron chi connectivity index (χ3n) is 2.57. The van der Waals surface area contributed by atoms with Crippen LogP contribution in [0.25, 0.3) is 0 Å². The first-order chi connectivity index (χ1) is 6.02. The second kappa shape index (κ2) is 2.74. The van der Waals surface area contributed by atoms with E-state index in [2.05, 4.69) is 15.9 Å². The highest BCUT2D eigenvalue weighted by atomic mass is 79.9. The molecule has 1 saturated carbocycles. The summed E-state index contributed by atoms with van der Waals surface area (Å²) in [6, 6.07) is 1.73. The van der Waals surface area contributed by atoms with Crippen LogP contribution >= 0.6 is 27.3 Å². The molecule has 0 bridgehead atoms. The maximum atomic E-state index is 13.1. The van der Waals surface area contributed by atoms with Crippen molar-refractivity contribution < 1.29 is 8.78 Å². The molecular weight excluding hydrogens is 260 g/mol. The molecule has 72 valence electrons. The summed E-state index contributed by atoms with van der Waals surface area (Å²) in [5, 5.41) is 1.75. The minimum absolute atomic E-state index is 0.0170. The Hall–Kier alpha value is -0.000000000000000111. The lowest BCUT2D eigenvalue weighted by Crippen LogP contribution is -2.26. The predicted octanol–water partition coefficient (Wildman–Crippen LogP) is 2.75. The third kappa shape index (κ3) is 1.25. The van der Waals surface area contributed by atoms with Crippen molar-refractivity contribution in [1.29, 1.82) is 0 Å². The van der Waals surface area contributed by atoms with Gasteiger partial charge in [0.1, 0.15) is 0 Å². The molecule has 1 aromatic rings. The summed E-state index contributed by atoms with van der Waals surface area (Å²) in [5.41, 5.74) is 4.98. The standard InChI is InChI=1S/C8H8BrF2NS/c9-6-1-5(2-13-6)7(4-12)3-8(7,10)11/h1-2H,3-4,12H2. The molecule has 0 aromatic carbocycles. The van der Waals surface area contributed by atoms with Gasteiger partial charge in [-0.25, -0.2) is 8.78 Å². The van der Waals surface area contributed by atoms with Gasteiger partial charge in [0.05, 0.1) is 9.20 Å². The van der Waals surface area contributed by atoms with Crippen LogP contribution in [0.1, 0.15) is 12.0 Å². The highest BCUT2D eigenvalue weighted by Crippen LogP contribution is 2.61. The van der Waals surface area contributed by atoms with Crippen molar-refractivity contribution in [2.24, 2.45) is 5.73 Å². The van der Waals surface area contributed by atoms with Gasteiger partial charge in [-0.05, 0) is 32.9 Å². The minimum Gasteiger partial charge on any atom is -0.329 e. The minimum atomic E-state index is -2.61. The van der Waals surface area contributed by atoms with Gasteiger partial charge in [0, 0.05) is 13.0 Å². The van der Waals surface area contributed by atoms with Crippen molar-refractivity contribution in [2.45, 2.75) is 17.8 Å². The Kier molecular flexibility index (Phi) is 2.02. The van der Waals surface area contributed by atoms with Crippen molar-refractivity contribution in [3.8, 4) is 0 Å². The zero-order chi connectivity index (χ0) is 9.69. The fraction of sp³-hybridized carbons (Fsp3) is 0.500. The Morgan fingerprint density at radius 2 is 2.23 bits per heavy atom. The van der Waals surface area contributed by atoms with E-state index in [1.165, 1.54) is 11.3 Å². The highest BCUT2D eigenvalue weighted by Gasteiger charge is 2.71. The average Bonchev–Trinajstić information content (AvgIpc) is 2.43. The molecule has 1 fully saturated rings. The number of rotatable bonds is 2. The SMILES string of the molecule is NCC1(c2csc(Br)c2)CC1(F)F. The molecule has 0 aliphatic heterocycles. The summed E-state index contributed by atoms with van der Waals surface area (Å²) in [5.74, 6) is -2.61. The molecule has 1 aliphatic carbocycles. The summed E-state index contributed by atoms with van der Waals surface area (Å²) in [7, 11) is 0. The maximum absolute atomic E-state index is 13.1. The smallest absolute Gasteiger partial charge is 0.260 e. The highest BCUT2D eigenvalue weighted by molar-refractivity contribution is 9.11. The number of thiophene rings is 1. The lowest BCUT2D eigenvalue weighted by atomic mass is 9.99. The number of alkyl halides is 2. The molecular formula is C8H8BrF2NS. The molecule has 0 spiro atoms. The van der Waals surface area contributed by atoms with Gasteiger partial charge >= 0.3 is 0 Å². The fourth-order valence-electron chi connectivity index (χ4n) is 1.55. The summed E-state index contributed by atoms with van der Waals surface area (Å²) in [4.78, 5) is 0. The van der Waals surface area contributed by atoms with Crippen LogP contribution in [0.5, 0.6) is 0 Å². The van der Waals surface area contributed by atoms with E-state index < -0.39 is 11.3 Å². The molecule has 1 nitrogen and oxygen atoms in total. The zero-order valence-electron chi connectivity index (χ0n) is 6.69. The fourth-order valence-corrected chi connectivity index (χ4v) is 2.80. The molecule has 2 rings (SSSR count). The molecule has 1 heterocycles. The van der Waals surface area contributed by atoms with E-state index in [9.17, 15) is 8.78 Å². The number of hydrogen-bond donors (Lipinski definition) is 1. The molecule has 0 saturated heterocycles. The van der Waals surface area contributed by atoms with Crippen LogP contribution < -0.4 is 5.73 Å². The maximum Gasteiger partial charge on any atom is 0.260 e. The molecule has 0 radical (unpaired) electrons. The molecule has 2 N–H and O–H groups in total. The summed E-state index contributed by atoms with van der Waals surface area (Å²) in [6.07, 6.45) is -0.111. The number of nitrogens with two attached hydrogens (primary N) is 1. The molecule has 0 amide bonds. The van der Waals surface area contributed by atoms with Crippen molar-refractivity contribution in [2.75, 3.05) is 6.54 Å². The Bertz CT molecular complexity index is 339. The van der Waals surface area contributed by atoms with Gasteiger partial charge in [-0.15, -0.1) is 11.3 Å². The van der Waals surface area contributed by atoms with Crippen LogP contribution in [-0.4, -0.2) is 12.5 Å². The van der Waals surface area contributed by atoms with Gasteiger partial charge in [0.15, 0.2) is 0 Å². The summed E-state index contributed by atoms with van der Waals surface area (Å²) >= 11 is 4.67. The Morgan fingerprint density at radius 3 is 2.54 bits per heavy atom. The van der Waals surface area contributed by atoms with E-state index in [4.69, 9.17) is 5.73 Å². The van der Waals surface area contributed by atoms with Crippen LogP contribution in [-0.2, 0) is 5.41 Å². The first-order valence-electron chi connectivity index (χ1n) is 3.84. The molecule has 1 aliphatic rings. The van der Waals surface area contributed by atoms with Crippen LogP contribution in [0, 0.1) is 0 Å². The first-order valence-corrected chi connectivity index (χ1v) is 5.51. The monoisotopic (exact) mass is 267 g/mol. The Balaban J connectivity index is 2.35. The second-order valence-corrected chi connectivity index (χ2v) is 5.60. The van der Waals surface area contributed by atoms with Gasteiger partial charge in [-0.2, -0.15) is 0 Å². The number of halogens is 3. The van der Waals surface area contributed by atoms with Crippen molar-refractivity contribution >= 4 is 27.3 Å². The van der Waals surface area contributed by atoms with E-state index in [1.54, 1.807) is 11.4 Å². The average molecular weight is 268 g/mol. The summed E-state index contributed by atoms with van der Waals surface area (Å²) in [6.45, 7) is 0.0170. The van der Waals surface area contributed by atoms with E-state index in [1.807, 2.05) is 0 Å². The van der Waals surface area contributed by atoms with Crippen LogP contribution in [0.2, 0.25) is 0 Å². The summed E-state index contributed by atoms with van der Waals surface area (Å²) < 4.78 is 27.0. The first kappa shape index (κ1) is 9.55. The molecule has 5 heteroatoms. The van der Waals surface area contributed by atoms with E-state index in [0.29, 0.717) is 5.56 Å². The van der Waals surface area contributed by atoms with Crippen LogP contribution in [0.15, 0.2) is 15.2 Å². The van der Waals surface area contributed by atoms with E-state index in [0.717, 1.165) is 3.79 Å². The predicted molar refractivity (Wildman–Crippen MR) is 52.3 cm³/mol. The zero-order valence-corrected chi connectivity index (χ0v) is 9.09. The lowest BCUT2D eigenvalue weighted by molar-refractivity contribution is 0.0897. The van der Waals surface area contributed by atoms with Crippen LogP contribution in [0.3, 0.4) is 0 Å². The van der Waals surface area contributed by atoms with Gasteiger partial charge in [-0.3, -0.25) is 0 Å².